The van der Waals surface area contributed by atoms with E-state index in [1.165, 1.54) is 24.8 Å². The summed E-state index contributed by atoms with van der Waals surface area (Å²) in [5.41, 5.74) is 7.09. The van der Waals surface area contributed by atoms with Crippen molar-refractivity contribution in [2.24, 2.45) is 16.6 Å². The highest BCUT2D eigenvalue weighted by molar-refractivity contribution is 14.0. The minimum Gasteiger partial charge on any atom is -0.491 e. The second kappa shape index (κ2) is 6.45. The van der Waals surface area contributed by atoms with Crippen LogP contribution in [0.3, 0.4) is 0 Å². The third-order valence-electron chi connectivity index (χ3n) is 3.77. The van der Waals surface area contributed by atoms with Gasteiger partial charge in [-0.3, -0.25) is 4.99 Å². The van der Waals surface area contributed by atoms with E-state index in [-0.39, 0.29) is 30.0 Å². The van der Waals surface area contributed by atoms with Gasteiger partial charge in [0.25, 0.3) is 0 Å². The van der Waals surface area contributed by atoms with E-state index in [1.807, 2.05) is 18.2 Å². The molecule has 1 unspecified atom stereocenters. The van der Waals surface area contributed by atoms with E-state index in [1.54, 1.807) is 0 Å². The molecule has 1 aliphatic carbocycles. The number of nitrogens with one attached hydrogen (secondary N) is 1. The second-order valence-corrected chi connectivity index (χ2v) is 5.07. The van der Waals surface area contributed by atoms with E-state index in [2.05, 4.69) is 16.4 Å². The normalized spacial score (nSPS) is 21.9. The zero-order valence-corrected chi connectivity index (χ0v) is 13.2. The van der Waals surface area contributed by atoms with Gasteiger partial charge in [-0.25, -0.2) is 0 Å². The predicted octanol–water partition coefficient (Wildman–Crippen LogP) is 2.44. The molecule has 1 aromatic carbocycles. The molecular formula is C14H20IN3O. The fourth-order valence-electron chi connectivity index (χ4n) is 2.41. The Morgan fingerprint density at radius 1 is 1.37 bits per heavy atom. The lowest BCUT2D eigenvalue weighted by atomic mass is 9.86. The third-order valence-corrected chi connectivity index (χ3v) is 3.77. The molecule has 1 atom stereocenters. The number of nitrogens with two attached hydrogens (primary N) is 1. The second-order valence-electron chi connectivity index (χ2n) is 5.07. The molecule has 3 N–H and O–H groups in total. The van der Waals surface area contributed by atoms with Gasteiger partial charge in [0, 0.05) is 12.1 Å². The van der Waals surface area contributed by atoms with Gasteiger partial charge in [0.05, 0.1) is 6.04 Å². The third kappa shape index (κ3) is 3.32. The first-order valence-electron chi connectivity index (χ1n) is 6.61. The Bertz CT molecular complexity index is 460. The number of guanidine groups is 1. The quantitative estimate of drug-likeness (QED) is 0.486. The van der Waals surface area contributed by atoms with Gasteiger partial charge in [-0.15, -0.1) is 24.0 Å². The molecule has 0 saturated heterocycles. The molecule has 0 aromatic heterocycles. The molecule has 4 nitrogen and oxygen atoms in total. The predicted molar refractivity (Wildman–Crippen MR) is 87.1 cm³/mol. The van der Waals surface area contributed by atoms with Crippen molar-refractivity contribution in [3.8, 4) is 5.75 Å². The Morgan fingerprint density at radius 2 is 2.16 bits per heavy atom. The minimum atomic E-state index is 0. The Balaban J connectivity index is 0.00000133. The highest BCUT2D eigenvalue weighted by atomic mass is 127. The lowest BCUT2D eigenvalue weighted by Gasteiger charge is -2.23. The largest absolute Gasteiger partial charge is 0.491 e. The van der Waals surface area contributed by atoms with Crippen LogP contribution >= 0.6 is 24.0 Å². The van der Waals surface area contributed by atoms with Gasteiger partial charge >= 0.3 is 0 Å². The molecule has 2 aliphatic rings. The summed E-state index contributed by atoms with van der Waals surface area (Å²) in [6.45, 7) is 1.48. The zero-order valence-electron chi connectivity index (χ0n) is 10.8. The summed E-state index contributed by atoms with van der Waals surface area (Å²) in [5, 5.41) is 3.24. The first-order chi connectivity index (χ1) is 8.83. The highest BCUT2D eigenvalue weighted by Crippen LogP contribution is 2.31. The summed E-state index contributed by atoms with van der Waals surface area (Å²) in [5.74, 6) is 2.23. The standard InChI is InChI=1S/C14H19N3O.HI/c15-14(16-8-10-4-3-5-10)17-12-9-18-13-7-2-1-6-11(12)13;/h1-2,6-7,10,12H,3-5,8-9H2,(H3,15,16,17);1H. The van der Waals surface area contributed by atoms with Gasteiger partial charge in [-0.05, 0) is 24.8 Å². The number of hydrogen-bond acceptors (Lipinski definition) is 2. The number of ether oxygens (including phenoxy) is 1. The molecular weight excluding hydrogens is 353 g/mol. The molecule has 0 bridgehead atoms. The van der Waals surface area contributed by atoms with E-state index in [0.717, 1.165) is 18.2 Å². The molecule has 19 heavy (non-hydrogen) atoms. The number of hydrogen-bond donors (Lipinski definition) is 2. The van der Waals surface area contributed by atoms with Crippen LogP contribution in [0.25, 0.3) is 0 Å². The highest BCUT2D eigenvalue weighted by Gasteiger charge is 2.24. The summed E-state index contributed by atoms with van der Waals surface area (Å²) < 4.78 is 5.60. The van der Waals surface area contributed by atoms with Gasteiger partial charge in [-0.2, -0.15) is 0 Å². The molecule has 104 valence electrons. The molecule has 3 rings (SSSR count). The molecule has 1 heterocycles. The minimum absolute atomic E-state index is 0. The fourth-order valence-corrected chi connectivity index (χ4v) is 2.41. The van der Waals surface area contributed by atoms with Crippen LogP contribution in [0.15, 0.2) is 29.3 Å². The molecule has 1 fully saturated rings. The van der Waals surface area contributed by atoms with Crippen molar-refractivity contribution < 1.29 is 4.74 Å². The van der Waals surface area contributed by atoms with Gasteiger partial charge in [-0.1, -0.05) is 24.6 Å². The van der Waals surface area contributed by atoms with Crippen molar-refractivity contribution in [3.05, 3.63) is 29.8 Å². The zero-order chi connectivity index (χ0) is 12.4. The van der Waals surface area contributed by atoms with Crippen LogP contribution in [0.2, 0.25) is 0 Å². The smallest absolute Gasteiger partial charge is 0.189 e. The Morgan fingerprint density at radius 3 is 2.89 bits per heavy atom. The number of para-hydroxylation sites is 1. The summed E-state index contributed by atoms with van der Waals surface area (Å²) in [6.07, 6.45) is 3.94. The first kappa shape index (κ1) is 14.4. The summed E-state index contributed by atoms with van der Waals surface area (Å²) in [6, 6.07) is 8.18. The van der Waals surface area contributed by atoms with Crippen molar-refractivity contribution in [3.63, 3.8) is 0 Å². The van der Waals surface area contributed by atoms with Gasteiger partial charge in [0.15, 0.2) is 5.96 Å². The van der Waals surface area contributed by atoms with Gasteiger partial charge in [0.2, 0.25) is 0 Å². The van der Waals surface area contributed by atoms with Crippen LogP contribution < -0.4 is 15.8 Å². The number of halogens is 1. The monoisotopic (exact) mass is 373 g/mol. The summed E-state index contributed by atoms with van der Waals surface area (Å²) in [7, 11) is 0. The van der Waals surface area contributed by atoms with E-state index in [9.17, 15) is 0 Å². The van der Waals surface area contributed by atoms with Crippen molar-refractivity contribution in [2.75, 3.05) is 13.2 Å². The average molecular weight is 373 g/mol. The van der Waals surface area contributed by atoms with Crippen molar-refractivity contribution >= 4 is 29.9 Å². The van der Waals surface area contributed by atoms with E-state index < -0.39 is 0 Å². The maximum absolute atomic E-state index is 5.92. The lowest BCUT2D eigenvalue weighted by molar-refractivity contribution is 0.320. The summed E-state index contributed by atoms with van der Waals surface area (Å²) in [4.78, 5) is 4.41. The summed E-state index contributed by atoms with van der Waals surface area (Å²) >= 11 is 0. The molecule has 5 heteroatoms. The maximum atomic E-state index is 5.92. The molecule has 0 radical (unpaired) electrons. The Labute approximate surface area is 130 Å². The number of fused-ring (bicyclic) bond motifs is 1. The first-order valence-corrected chi connectivity index (χ1v) is 6.61. The molecule has 1 aromatic rings. The Hall–Kier alpha value is -0.980. The van der Waals surface area contributed by atoms with E-state index >= 15 is 0 Å². The number of nitrogens with zero attached hydrogens (tertiary/aromatic N) is 1. The molecule has 0 amide bonds. The molecule has 0 spiro atoms. The number of aliphatic imine (C=N–C) groups is 1. The van der Waals surface area contributed by atoms with E-state index in [0.29, 0.717) is 12.6 Å². The fraction of sp³-hybridized carbons (Fsp3) is 0.500. The average Bonchev–Trinajstić information content (AvgIpc) is 2.71. The van der Waals surface area contributed by atoms with Crippen molar-refractivity contribution in [1.29, 1.82) is 0 Å². The van der Waals surface area contributed by atoms with Crippen LogP contribution in [0.5, 0.6) is 5.75 Å². The van der Waals surface area contributed by atoms with Crippen molar-refractivity contribution in [1.82, 2.24) is 5.32 Å². The molecule has 1 aliphatic heterocycles. The van der Waals surface area contributed by atoms with E-state index in [4.69, 9.17) is 10.5 Å². The topological polar surface area (TPSA) is 59.6 Å². The van der Waals surface area contributed by atoms with Crippen LogP contribution in [0.1, 0.15) is 30.9 Å². The van der Waals surface area contributed by atoms with Crippen LogP contribution in [-0.2, 0) is 0 Å². The molecule has 1 saturated carbocycles. The van der Waals surface area contributed by atoms with Gasteiger partial charge in [0.1, 0.15) is 12.4 Å². The maximum Gasteiger partial charge on any atom is 0.189 e. The number of benzene rings is 1. The lowest BCUT2D eigenvalue weighted by Crippen LogP contribution is -2.36. The Kier molecular flexibility index (Phi) is 4.90. The SMILES string of the molecule is I.NC(=NCC1CCC1)NC1COc2ccccc21. The van der Waals surface area contributed by atoms with Crippen LogP contribution in [-0.4, -0.2) is 19.1 Å². The van der Waals surface area contributed by atoms with Crippen molar-refractivity contribution in [2.45, 2.75) is 25.3 Å². The van der Waals surface area contributed by atoms with Crippen LogP contribution in [0, 0.1) is 5.92 Å². The van der Waals surface area contributed by atoms with Crippen LogP contribution in [0.4, 0.5) is 0 Å². The number of rotatable bonds is 3. The van der Waals surface area contributed by atoms with Gasteiger partial charge < -0.3 is 15.8 Å².